The maximum absolute atomic E-state index is 6.56. The van der Waals surface area contributed by atoms with Crippen LogP contribution in [0.4, 0.5) is 0 Å². The van der Waals surface area contributed by atoms with Crippen molar-refractivity contribution >= 4 is 97.2 Å². The van der Waals surface area contributed by atoms with E-state index in [2.05, 4.69) is 132 Å². The topological polar surface area (TPSA) is 31.2 Å². The summed E-state index contributed by atoms with van der Waals surface area (Å²) in [6, 6.07) is 50.0. The van der Waals surface area contributed by atoms with Gasteiger partial charge >= 0.3 is 0 Å². The minimum Gasteiger partial charge on any atom is -0.456 e. The number of hydrogen-bond acceptors (Lipinski definition) is 3. The van der Waals surface area contributed by atoms with Crippen molar-refractivity contribution in [2.45, 2.75) is 0 Å². The van der Waals surface area contributed by atoms with Crippen molar-refractivity contribution in [3.63, 3.8) is 0 Å². The van der Waals surface area contributed by atoms with E-state index >= 15 is 0 Å². The summed E-state index contributed by atoms with van der Waals surface area (Å²) >= 11 is 1.82. The van der Waals surface area contributed by atoms with Gasteiger partial charge in [0.25, 0.3) is 0 Å². The molecule has 0 amide bonds. The normalized spacial score (nSPS) is 12.3. The Morgan fingerprint density at radius 1 is 0.370 bits per heavy atom. The Kier molecular flexibility index (Phi) is 4.72. The molecule has 4 heteroatoms. The van der Waals surface area contributed by atoms with Crippen molar-refractivity contribution in [2.24, 2.45) is 0 Å². The van der Waals surface area contributed by atoms with Gasteiger partial charge in [-0.25, -0.2) is 0 Å². The molecule has 0 aliphatic heterocycles. The lowest BCUT2D eigenvalue weighted by Crippen LogP contribution is -1.93. The van der Waals surface area contributed by atoms with Gasteiger partial charge in [-0.15, -0.1) is 11.3 Å². The molecule has 0 aliphatic rings. The molecule has 0 radical (unpaired) electrons. The number of thiophene rings is 1. The van der Waals surface area contributed by atoms with E-state index in [1.807, 2.05) is 23.5 Å². The molecular formula is C42H23NO2S. The van der Waals surface area contributed by atoms with E-state index in [1.165, 1.54) is 47.5 Å². The third-order valence-corrected chi connectivity index (χ3v) is 10.7. The van der Waals surface area contributed by atoms with Gasteiger partial charge in [0.05, 0.1) is 11.0 Å². The lowest BCUT2D eigenvalue weighted by atomic mass is 10.0. The lowest BCUT2D eigenvalue weighted by molar-refractivity contribution is 0.669. The van der Waals surface area contributed by atoms with Crippen LogP contribution in [0.3, 0.4) is 0 Å². The molecule has 0 saturated carbocycles. The summed E-state index contributed by atoms with van der Waals surface area (Å²) in [6.07, 6.45) is 0. The monoisotopic (exact) mass is 605 g/mol. The Balaban J connectivity index is 1.07. The van der Waals surface area contributed by atoms with Crippen LogP contribution in [-0.4, -0.2) is 4.57 Å². The second-order valence-electron chi connectivity index (χ2n) is 12.1. The summed E-state index contributed by atoms with van der Waals surface area (Å²) in [5.74, 6) is 0. The van der Waals surface area contributed by atoms with Crippen LogP contribution in [0, 0.1) is 0 Å². The van der Waals surface area contributed by atoms with E-state index in [1.54, 1.807) is 0 Å². The van der Waals surface area contributed by atoms with Gasteiger partial charge in [0.1, 0.15) is 22.3 Å². The highest BCUT2D eigenvalue weighted by molar-refractivity contribution is 7.25. The number of benzene rings is 7. The van der Waals surface area contributed by atoms with Crippen LogP contribution in [0.2, 0.25) is 0 Å². The molecule has 0 bridgehead atoms. The second-order valence-corrected chi connectivity index (χ2v) is 13.2. The molecule has 0 fully saturated rings. The number of hydrogen-bond donors (Lipinski definition) is 0. The van der Waals surface area contributed by atoms with E-state index in [0.717, 1.165) is 55.1 Å². The maximum atomic E-state index is 6.56. The van der Waals surface area contributed by atoms with Gasteiger partial charge in [-0.1, -0.05) is 66.7 Å². The van der Waals surface area contributed by atoms with E-state index in [4.69, 9.17) is 8.83 Å². The Morgan fingerprint density at radius 2 is 0.957 bits per heavy atom. The Labute approximate surface area is 266 Å². The molecular weight excluding hydrogens is 583 g/mol. The fourth-order valence-corrected chi connectivity index (χ4v) is 8.56. The van der Waals surface area contributed by atoms with Crippen molar-refractivity contribution in [3.8, 4) is 16.8 Å². The smallest absolute Gasteiger partial charge is 0.137 e. The first-order chi connectivity index (χ1) is 22.8. The van der Waals surface area contributed by atoms with E-state index in [-0.39, 0.29) is 0 Å². The molecule has 46 heavy (non-hydrogen) atoms. The van der Waals surface area contributed by atoms with Crippen molar-refractivity contribution in [1.82, 2.24) is 4.57 Å². The van der Waals surface area contributed by atoms with Crippen LogP contribution in [0.5, 0.6) is 0 Å². The van der Waals surface area contributed by atoms with Gasteiger partial charge in [-0.3, -0.25) is 0 Å². The lowest BCUT2D eigenvalue weighted by Gasteiger charge is -2.07. The van der Waals surface area contributed by atoms with E-state index < -0.39 is 0 Å². The first kappa shape index (κ1) is 24.5. The number of fused-ring (bicyclic) bond motifs is 12. The van der Waals surface area contributed by atoms with Gasteiger partial charge in [0.2, 0.25) is 0 Å². The summed E-state index contributed by atoms with van der Waals surface area (Å²) in [5, 5.41) is 9.61. The second kappa shape index (κ2) is 8.87. The van der Waals surface area contributed by atoms with Crippen LogP contribution in [-0.2, 0) is 0 Å². The zero-order chi connectivity index (χ0) is 29.9. The summed E-state index contributed by atoms with van der Waals surface area (Å²) in [6.45, 7) is 0. The molecule has 11 rings (SSSR count). The maximum Gasteiger partial charge on any atom is 0.137 e. The Hall–Kier alpha value is -5.84. The largest absolute Gasteiger partial charge is 0.456 e. The quantitative estimate of drug-likeness (QED) is 0.196. The molecule has 0 spiro atoms. The SMILES string of the molecule is c1ccc2c(c1)oc1cc(-c3ccc4sc5cc6oc7cc(-n8c9ccccc9c9ccccc98)ccc7c6cc5c4c3)ccc12. The third kappa shape index (κ3) is 3.31. The minimum absolute atomic E-state index is 0.899. The number of rotatable bonds is 2. The minimum atomic E-state index is 0.899. The average molecular weight is 606 g/mol. The van der Waals surface area contributed by atoms with Crippen molar-refractivity contribution in [2.75, 3.05) is 0 Å². The summed E-state index contributed by atoms with van der Waals surface area (Å²) in [7, 11) is 0. The molecule has 3 nitrogen and oxygen atoms in total. The third-order valence-electron chi connectivity index (χ3n) is 9.60. The molecule has 11 aromatic rings. The molecule has 0 aliphatic carbocycles. The number of nitrogens with zero attached hydrogens (tertiary/aromatic N) is 1. The van der Waals surface area contributed by atoms with Gasteiger partial charge in [-0.05, 0) is 77.9 Å². The average Bonchev–Trinajstić information content (AvgIpc) is 3.84. The van der Waals surface area contributed by atoms with Crippen LogP contribution in [0.15, 0.2) is 148 Å². The van der Waals surface area contributed by atoms with E-state index in [9.17, 15) is 0 Å². The molecule has 214 valence electrons. The highest BCUT2D eigenvalue weighted by atomic mass is 32.1. The zero-order valence-electron chi connectivity index (χ0n) is 24.5. The van der Waals surface area contributed by atoms with Gasteiger partial charge in [0, 0.05) is 64.2 Å². The van der Waals surface area contributed by atoms with Crippen LogP contribution in [0.25, 0.3) is 103 Å². The van der Waals surface area contributed by atoms with Crippen LogP contribution >= 0.6 is 11.3 Å². The molecule has 0 atom stereocenters. The number of furan rings is 2. The number of aromatic nitrogens is 1. The zero-order valence-corrected chi connectivity index (χ0v) is 25.3. The molecule has 0 unspecified atom stereocenters. The fraction of sp³-hybridized carbons (Fsp3) is 0. The Morgan fingerprint density at radius 3 is 1.80 bits per heavy atom. The number of para-hydroxylation sites is 3. The fourth-order valence-electron chi connectivity index (χ4n) is 7.46. The highest BCUT2D eigenvalue weighted by Crippen LogP contribution is 2.42. The predicted molar refractivity (Wildman–Crippen MR) is 194 cm³/mol. The predicted octanol–water partition coefficient (Wildman–Crippen LogP) is 12.6. The van der Waals surface area contributed by atoms with Gasteiger partial charge in [0.15, 0.2) is 0 Å². The molecule has 0 saturated heterocycles. The van der Waals surface area contributed by atoms with Crippen molar-refractivity contribution in [1.29, 1.82) is 0 Å². The summed E-state index contributed by atoms with van der Waals surface area (Å²) < 4.78 is 17.6. The van der Waals surface area contributed by atoms with Gasteiger partial charge in [-0.2, -0.15) is 0 Å². The molecule has 7 aromatic carbocycles. The summed E-state index contributed by atoms with van der Waals surface area (Å²) in [4.78, 5) is 0. The first-order valence-electron chi connectivity index (χ1n) is 15.5. The molecule has 4 heterocycles. The first-order valence-corrected chi connectivity index (χ1v) is 16.3. The molecule has 0 N–H and O–H groups in total. The van der Waals surface area contributed by atoms with Crippen molar-refractivity contribution in [3.05, 3.63) is 140 Å². The van der Waals surface area contributed by atoms with E-state index in [0.29, 0.717) is 0 Å². The summed E-state index contributed by atoms with van der Waals surface area (Å²) in [5.41, 5.74) is 9.49. The van der Waals surface area contributed by atoms with Gasteiger partial charge < -0.3 is 13.4 Å². The Bertz CT molecular complexity index is 2990. The van der Waals surface area contributed by atoms with Crippen LogP contribution in [0.1, 0.15) is 0 Å². The molecule has 4 aromatic heterocycles. The standard InChI is InChI=1S/C42H23NO2S/c1-4-10-35-27(7-1)28-8-2-5-11-36(28)43(35)26-15-17-31-32-22-34-33-19-24(14-18-41(33)46-42(34)23-40(32)45-39(31)21-26)25-13-16-30-29-9-3-6-12-37(29)44-38(30)20-25/h1-23H. The highest BCUT2D eigenvalue weighted by Gasteiger charge is 2.16. The van der Waals surface area contributed by atoms with Crippen molar-refractivity contribution < 1.29 is 8.83 Å². The van der Waals surface area contributed by atoms with Crippen LogP contribution < -0.4 is 0 Å².